The minimum absolute atomic E-state index is 0.0214. The van der Waals surface area contributed by atoms with Crippen LogP contribution in [0.3, 0.4) is 0 Å². The summed E-state index contributed by atoms with van der Waals surface area (Å²) < 4.78 is 15.6. The number of aromatic nitrogens is 3. The van der Waals surface area contributed by atoms with Gasteiger partial charge in [0.15, 0.2) is 0 Å². The average molecular weight is 628 g/mol. The number of nitrogens with zero attached hydrogens (tertiary/aromatic N) is 5. The summed E-state index contributed by atoms with van der Waals surface area (Å²) in [6.07, 6.45) is 6.79. The van der Waals surface area contributed by atoms with Gasteiger partial charge in [-0.25, -0.2) is 9.97 Å². The van der Waals surface area contributed by atoms with Crippen molar-refractivity contribution in [2.75, 3.05) is 18.5 Å². The van der Waals surface area contributed by atoms with Crippen LogP contribution in [0.25, 0.3) is 21.5 Å². The number of amides is 2. The Hall–Kier alpha value is -4.44. The van der Waals surface area contributed by atoms with E-state index in [0.717, 1.165) is 41.6 Å². The number of aliphatic hydroxyl groups is 1. The Bertz CT molecular complexity index is 1810. The van der Waals surface area contributed by atoms with Crippen LogP contribution in [0.4, 0.5) is 10.3 Å². The Morgan fingerprint density at radius 1 is 1.22 bits per heavy atom. The topological polar surface area (TPSA) is 136 Å². The number of imidazole rings is 1. The number of hydrogen-bond acceptors (Lipinski definition) is 8. The number of rotatable bonds is 11. The van der Waals surface area contributed by atoms with Crippen LogP contribution in [0.2, 0.25) is 0 Å². The van der Waals surface area contributed by atoms with Crippen molar-refractivity contribution in [3.8, 4) is 16.5 Å². The highest BCUT2D eigenvalue weighted by atomic mass is 32.1. The van der Waals surface area contributed by atoms with Crippen molar-refractivity contribution in [3.63, 3.8) is 0 Å². The summed E-state index contributed by atoms with van der Waals surface area (Å²) in [5.74, 6) is -0.530. The van der Waals surface area contributed by atoms with Gasteiger partial charge in [0.05, 0.1) is 28.6 Å². The number of anilines is 1. The molecule has 232 valence electrons. The fourth-order valence-electron chi connectivity index (χ4n) is 5.57. The van der Waals surface area contributed by atoms with Crippen molar-refractivity contribution < 1.29 is 19.1 Å². The van der Waals surface area contributed by atoms with Gasteiger partial charge in [0.2, 0.25) is 11.9 Å². The molecule has 10 nitrogen and oxygen atoms in total. The molecule has 45 heavy (non-hydrogen) atoms. The number of hydrogen-bond donors (Lipinski definition) is 3. The first-order chi connectivity index (χ1) is 21.8. The lowest BCUT2D eigenvalue weighted by Gasteiger charge is -2.26. The molecule has 0 spiro atoms. The van der Waals surface area contributed by atoms with Crippen molar-refractivity contribution in [2.45, 2.75) is 57.8 Å². The summed E-state index contributed by atoms with van der Waals surface area (Å²) in [5.41, 5.74) is 3.29. The molecule has 12 heteroatoms. The quantitative estimate of drug-likeness (QED) is 0.123. The zero-order valence-electron chi connectivity index (χ0n) is 24.9. The first kappa shape index (κ1) is 30.6. The maximum Gasteiger partial charge on any atom is 0.268 e. The zero-order valence-corrected chi connectivity index (χ0v) is 25.7. The molecule has 2 fully saturated rings. The first-order valence-electron chi connectivity index (χ1n) is 15.1. The molecule has 0 unspecified atom stereocenters. The van der Waals surface area contributed by atoms with Gasteiger partial charge in [0, 0.05) is 42.8 Å². The molecule has 2 aliphatic rings. The Labute approximate surface area is 264 Å². The van der Waals surface area contributed by atoms with E-state index in [4.69, 9.17) is 4.98 Å². The third-order valence-corrected chi connectivity index (χ3v) is 9.35. The highest BCUT2D eigenvalue weighted by Crippen LogP contribution is 2.33. The van der Waals surface area contributed by atoms with Gasteiger partial charge in [-0.3, -0.25) is 14.9 Å². The zero-order chi connectivity index (χ0) is 31.5. The lowest BCUT2D eigenvalue weighted by Crippen LogP contribution is -2.39. The Balaban J connectivity index is 1.29. The molecule has 6 rings (SSSR count). The highest BCUT2D eigenvalue weighted by molar-refractivity contribution is 7.17. The highest BCUT2D eigenvalue weighted by Gasteiger charge is 2.33. The van der Waals surface area contributed by atoms with Gasteiger partial charge in [0.25, 0.3) is 11.8 Å². The lowest BCUT2D eigenvalue weighted by molar-refractivity contribution is -0.127. The van der Waals surface area contributed by atoms with Crippen molar-refractivity contribution in [1.29, 1.82) is 5.26 Å². The summed E-state index contributed by atoms with van der Waals surface area (Å²) in [5, 5.41) is 25.3. The molecule has 4 heterocycles. The normalized spacial score (nSPS) is 17.4. The van der Waals surface area contributed by atoms with Gasteiger partial charge in [0.1, 0.15) is 11.6 Å². The van der Waals surface area contributed by atoms with E-state index in [1.807, 2.05) is 29.7 Å². The molecule has 0 radical (unpaired) electrons. The Morgan fingerprint density at radius 3 is 2.82 bits per heavy atom. The van der Waals surface area contributed by atoms with Gasteiger partial charge in [-0.2, -0.15) is 9.65 Å². The largest absolute Gasteiger partial charge is 0.395 e. The summed E-state index contributed by atoms with van der Waals surface area (Å²) in [6.45, 7) is 3.41. The van der Waals surface area contributed by atoms with Crippen LogP contribution in [0.5, 0.6) is 0 Å². The molecule has 1 saturated carbocycles. The SMILES string of the molecule is C[C@H](CO)NCc1ccc2c(c1)nc(NC(=O)c1ccc(-c3ccnc(F)c3)s1)n2C[C@H]1CCCN1C(=O)/C(C#N)=C\C1CC1. The van der Waals surface area contributed by atoms with Gasteiger partial charge >= 0.3 is 0 Å². The van der Waals surface area contributed by atoms with E-state index in [-0.39, 0.29) is 36.1 Å². The molecular weight excluding hydrogens is 593 g/mol. The minimum atomic E-state index is -0.592. The van der Waals surface area contributed by atoms with Crippen LogP contribution in [-0.2, 0) is 17.9 Å². The number of halogens is 1. The fraction of sp³-hybridized carbons (Fsp3) is 0.364. The van der Waals surface area contributed by atoms with E-state index in [1.165, 1.54) is 23.6 Å². The van der Waals surface area contributed by atoms with Gasteiger partial charge in [-0.05, 0) is 80.0 Å². The second kappa shape index (κ2) is 13.3. The van der Waals surface area contributed by atoms with Crippen LogP contribution in [0, 0.1) is 23.2 Å². The molecule has 2 atom stereocenters. The molecule has 0 bridgehead atoms. The monoisotopic (exact) mass is 627 g/mol. The Kier molecular flexibility index (Phi) is 9.02. The number of carbonyl (C=O) groups is 2. The summed E-state index contributed by atoms with van der Waals surface area (Å²) in [4.78, 5) is 38.3. The van der Waals surface area contributed by atoms with Crippen LogP contribution in [0.15, 0.2) is 60.3 Å². The second-order valence-corrected chi connectivity index (χ2v) is 12.7. The summed E-state index contributed by atoms with van der Waals surface area (Å²) >= 11 is 1.24. The van der Waals surface area contributed by atoms with E-state index < -0.39 is 5.95 Å². The van der Waals surface area contributed by atoms with E-state index in [1.54, 1.807) is 29.2 Å². The number of nitrogens with one attached hydrogen (secondary N) is 2. The smallest absolute Gasteiger partial charge is 0.268 e. The minimum Gasteiger partial charge on any atom is -0.395 e. The van der Waals surface area contributed by atoms with Gasteiger partial charge < -0.3 is 19.9 Å². The molecule has 4 aromatic rings. The second-order valence-electron chi connectivity index (χ2n) is 11.6. The van der Waals surface area contributed by atoms with Crippen LogP contribution >= 0.6 is 11.3 Å². The van der Waals surface area contributed by atoms with Crippen molar-refractivity contribution >= 4 is 40.1 Å². The van der Waals surface area contributed by atoms with Crippen LogP contribution in [0.1, 0.15) is 47.8 Å². The predicted molar refractivity (Wildman–Crippen MR) is 170 cm³/mol. The van der Waals surface area contributed by atoms with E-state index in [0.29, 0.717) is 47.5 Å². The molecule has 1 saturated heterocycles. The van der Waals surface area contributed by atoms with Crippen molar-refractivity contribution in [2.24, 2.45) is 5.92 Å². The number of nitriles is 1. The number of pyridine rings is 1. The number of aliphatic hydroxyl groups excluding tert-OH is 1. The number of likely N-dealkylation sites (tertiary alicyclic amines) is 1. The molecule has 3 aromatic heterocycles. The van der Waals surface area contributed by atoms with E-state index in [2.05, 4.69) is 21.7 Å². The third-order valence-electron chi connectivity index (χ3n) is 8.21. The van der Waals surface area contributed by atoms with Gasteiger partial charge in [-0.15, -0.1) is 11.3 Å². The molecular formula is C33H34FN7O3S. The van der Waals surface area contributed by atoms with Gasteiger partial charge in [-0.1, -0.05) is 12.1 Å². The van der Waals surface area contributed by atoms with Crippen molar-refractivity contribution in [3.05, 3.63) is 76.7 Å². The molecule has 1 aliphatic heterocycles. The predicted octanol–water partition coefficient (Wildman–Crippen LogP) is 4.87. The maximum atomic E-state index is 13.7. The summed E-state index contributed by atoms with van der Waals surface area (Å²) in [6, 6.07) is 14.2. The number of fused-ring (bicyclic) bond motifs is 1. The summed E-state index contributed by atoms with van der Waals surface area (Å²) in [7, 11) is 0. The Morgan fingerprint density at radius 2 is 2.07 bits per heavy atom. The average Bonchev–Trinajstić information content (AvgIpc) is 3.39. The van der Waals surface area contributed by atoms with Crippen LogP contribution in [-0.4, -0.2) is 61.6 Å². The first-order valence-corrected chi connectivity index (χ1v) is 15.9. The number of carbonyl (C=O) groups excluding carboxylic acids is 2. The number of benzene rings is 1. The fourth-order valence-corrected chi connectivity index (χ4v) is 6.47. The van der Waals surface area contributed by atoms with E-state index >= 15 is 0 Å². The lowest BCUT2D eigenvalue weighted by atomic mass is 10.1. The number of thiophene rings is 1. The molecule has 2 amide bonds. The molecule has 1 aliphatic carbocycles. The van der Waals surface area contributed by atoms with Crippen LogP contribution < -0.4 is 10.6 Å². The molecule has 1 aromatic carbocycles. The van der Waals surface area contributed by atoms with E-state index in [9.17, 15) is 24.3 Å². The third kappa shape index (κ3) is 6.96. The van der Waals surface area contributed by atoms with Crippen molar-refractivity contribution in [1.82, 2.24) is 24.8 Å². The molecule has 3 N–H and O–H groups in total. The maximum absolute atomic E-state index is 13.7. The number of allylic oxidation sites excluding steroid dienone is 1. The standard InChI is InChI=1S/C33H34FN7O3S/c1-20(19-42)37-17-22-6-7-27-26(14-22)38-33(39-31(43)29-9-8-28(45-29)23-10-11-36-30(34)15-23)41(27)18-25-3-2-12-40(25)32(44)24(16-35)13-21-4-5-21/h6-11,13-15,20-21,25,37,42H,2-5,12,17-19H2,1H3,(H,38,39,43)/b24-13-/t20-,25-/m1/s1.